The Hall–Kier alpha value is -0.580. The summed E-state index contributed by atoms with van der Waals surface area (Å²) in [6, 6.07) is 5.29. The minimum Gasteiger partial charge on any atom is -0.496 e. The summed E-state index contributed by atoms with van der Waals surface area (Å²) in [5, 5.41) is 9.35. The highest BCUT2D eigenvalue weighted by atomic mass is 79.9. The number of halogens is 1. The lowest BCUT2D eigenvalue weighted by atomic mass is 10.2. The van der Waals surface area contributed by atoms with E-state index in [1.54, 1.807) is 25.3 Å². The minimum atomic E-state index is -0.901. The van der Waals surface area contributed by atoms with Crippen LogP contribution in [0.5, 0.6) is 5.75 Å². The van der Waals surface area contributed by atoms with Gasteiger partial charge < -0.3 is 14.6 Å². The van der Waals surface area contributed by atoms with Gasteiger partial charge in [0.1, 0.15) is 5.75 Å². The van der Waals surface area contributed by atoms with Crippen molar-refractivity contribution in [2.24, 2.45) is 0 Å². The Labute approximate surface area is 85.4 Å². The third kappa shape index (κ3) is 2.43. The molecule has 1 rings (SSSR count). The van der Waals surface area contributed by atoms with Crippen LogP contribution in [0.25, 0.3) is 0 Å². The number of aliphatic hydroxyl groups is 1. The lowest BCUT2D eigenvalue weighted by Gasteiger charge is -2.10. The van der Waals surface area contributed by atoms with Crippen molar-refractivity contribution in [3.63, 3.8) is 0 Å². The average molecular weight is 247 g/mol. The first kappa shape index (κ1) is 10.5. The molecule has 1 aromatic carbocycles. The number of hydrogen-bond acceptors (Lipinski definition) is 3. The Kier molecular flexibility index (Phi) is 3.71. The first-order chi connectivity index (χ1) is 6.19. The molecule has 4 heteroatoms. The lowest BCUT2D eigenvalue weighted by Crippen LogP contribution is -1.99. The number of benzene rings is 1. The third-order valence-corrected chi connectivity index (χ3v) is 2.34. The van der Waals surface area contributed by atoms with Crippen LogP contribution in [0.3, 0.4) is 0 Å². The van der Waals surface area contributed by atoms with Gasteiger partial charge in [0.2, 0.25) is 0 Å². The molecule has 0 amide bonds. The normalized spacial score (nSPS) is 12.6. The second kappa shape index (κ2) is 4.60. The van der Waals surface area contributed by atoms with Gasteiger partial charge in [0.15, 0.2) is 6.29 Å². The maximum Gasteiger partial charge on any atom is 0.180 e. The number of aliphatic hydroxyl groups excluding tert-OH is 1. The van der Waals surface area contributed by atoms with Gasteiger partial charge in [-0.05, 0) is 28.1 Å². The van der Waals surface area contributed by atoms with Gasteiger partial charge in [0.25, 0.3) is 0 Å². The van der Waals surface area contributed by atoms with Crippen LogP contribution in [-0.2, 0) is 4.74 Å². The molecule has 13 heavy (non-hydrogen) atoms. The van der Waals surface area contributed by atoms with Crippen LogP contribution in [0.4, 0.5) is 0 Å². The summed E-state index contributed by atoms with van der Waals surface area (Å²) >= 11 is 3.31. The molecular weight excluding hydrogens is 236 g/mol. The van der Waals surface area contributed by atoms with Gasteiger partial charge in [-0.3, -0.25) is 0 Å². The summed E-state index contributed by atoms with van der Waals surface area (Å²) in [4.78, 5) is 0. The predicted octanol–water partition coefficient (Wildman–Crippen LogP) is 2.09. The molecule has 0 saturated carbocycles. The van der Waals surface area contributed by atoms with Crippen molar-refractivity contribution in [2.75, 3.05) is 14.2 Å². The Morgan fingerprint density at radius 1 is 1.38 bits per heavy atom. The van der Waals surface area contributed by atoms with Gasteiger partial charge in [0, 0.05) is 12.7 Å². The Balaban J connectivity index is 2.99. The number of hydrogen-bond donors (Lipinski definition) is 1. The fourth-order valence-electron chi connectivity index (χ4n) is 0.966. The molecule has 0 heterocycles. The van der Waals surface area contributed by atoms with Crippen molar-refractivity contribution in [1.29, 1.82) is 0 Å². The van der Waals surface area contributed by atoms with Gasteiger partial charge in [-0.1, -0.05) is 6.07 Å². The van der Waals surface area contributed by atoms with Crippen LogP contribution in [0.15, 0.2) is 22.7 Å². The van der Waals surface area contributed by atoms with Crippen molar-refractivity contribution in [2.45, 2.75) is 6.29 Å². The van der Waals surface area contributed by atoms with Crippen molar-refractivity contribution >= 4 is 15.9 Å². The molecule has 0 aliphatic rings. The molecular formula is C9H11BrO3. The third-order valence-electron chi connectivity index (χ3n) is 1.68. The SMILES string of the molecule is COc1cc([C@@H](O)OC)ccc1Br. The van der Waals surface area contributed by atoms with E-state index in [1.165, 1.54) is 7.11 Å². The Bertz CT molecular complexity index is 288. The van der Waals surface area contributed by atoms with E-state index in [0.717, 1.165) is 4.47 Å². The van der Waals surface area contributed by atoms with E-state index in [4.69, 9.17) is 9.47 Å². The van der Waals surface area contributed by atoms with Crippen molar-refractivity contribution in [3.05, 3.63) is 28.2 Å². The van der Waals surface area contributed by atoms with Crippen LogP contribution < -0.4 is 4.74 Å². The number of rotatable bonds is 3. The summed E-state index contributed by atoms with van der Waals surface area (Å²) in [5.41, 5.74) is 0.669. The molecule has 0 aliphatic heterocycles. The molecule has 0 radical (unpaired) electrons. The Morgan fingerprint density at radius 2 is 2.08 bits per heavy atom. The zero-order chi connectivity index (χ0) is 9.84. The zero-order valence-electron chi connectivity index (χ0n) is 7.45. The van der Waals surface area contributed by atoms with Gasteiger partial charge in [-0.25, -0.2) is 0 Å². The molecule has 0 unspecified atom stereocenters. The van der Waals surface area contributed by atoms with E-state index < -0.39 is 6.29 Å². The molecule has 0 saturated heterocycles. The largest absolute Gasteiger partial charge is 0.496 e. The first-order valence-corrected chi connectivity index (χ1v) is 4.52. The van der Waals surface area contributed by atoms with Gasteiger partial charge in [-0.15, -0.1) is 0 Å². The second-order valence-electron chi connectivity index (χ2n) is 2.48. The first-order valence-electron chi connectivity index (χ1n) is 3.73. The summed E-state index contributed by atoms with van der Waals surface area (Å²) in [6.07, 6.45) is -0.901. The molecule has 1 N–H and O–H groups in total. The molecule has 0 fully saturated rings. The van der Waals surface area contributed by atoms with Gasteiger partial charge in [0.05, 0.1) is 11.6 Å². The zero-order valence-corrected chi connectivity index (χ0v) is 9.04. The maximum absolute atomic E-state index is 9.35. The standard InChI is InChI=1S/C9H11BrO3/c1-12-8-5-6(9(11)13-2)3-4-7(8)10/h3-5,9,11H,1-2H3/t9-/m0/s1. The maximum atomic E-state index is 9.35. The smallest absolute Gasteiger partial charge is 0.180 e. The van der Waals surface area contributed by atoms with Crippen LogP contribution in [0, 0.1) is 0 Å². The number of methoxy groups -OCH3 is 2. The van der Waals surface area contributed by atoms with E-state index >= 15 is 0 Å². The molecule has 1 atom stereocenters. The van der Waals surface area contributed by atoms with E-state index in [0.29, 0.717) is 11.3 Å². The van der Waals surface area contributed by atoms with Crippen molar-refractivity contribution in [1.82, 2.24) is 0 Å². The minimum absolute atomic E-state index is 0.669. The molecule has 0 aliphatic carbocycles. The molecule has 1 aromatic rings. The van der Waals surface area contributed by atoms with Crippen LogP contribution in [0.2, 0.25) is 0 Å². The fourth-order valence-corrected chi connectivity index (χ4v) is 1.37. The summed E-state index contributed by atoms with van der Waals surface area (Å²) in [6.45, 7) is 0. The monoisotopic (exact) mass is 246 g/mol. The van der Waals surface area contributed by atoms with Gasteiger partial charge in [-0.2, -0.15) is 0 Å². The van der Waals surface area contributed by atoms with E-state index in [1.807, 2.05) is 0 Å². The lowest BCUT2D eigenvalue weighted by molar-refractivity contribution is -0.0770. The highest BCUT2D eigenvalue weighted by Crippen LogP contribution is 2.28. The van der Waals surface area contributed by atoms with Crippen molar-refractivity contribution in [3.8, 4) is 5.75 Å². The highest BCUT2D eigenvalue weighted by Gasteiger charge is 2.08. The second-order valence-corrected chi connectivity index (χ2v) is 3.34. The van der Waals surface area contributed by atoms with Crippen LogP contribution in [0.1, 0.15) is 11.9 Å². The molecule has 0 spiro atoms. The van der Waals surface area contributed by atoms with E-state index in [-0.39, 0.29) is 0 Å². The van der Waals surface area contributed by atoms with Gasteiger partial charge >= 0.3 is 0 Å². The van der Waals surface area contributed by atoms with Crippen LogP contribution in [-0.4, -0.2) is 19.3 Å². The van der Waals surface area contributed by atoms with E-state index in [9.17, 15) is 5.11 Å². The summed E-state index contributed by atoms with van der Waals surface area (Å²) in [5.74, 6) is 0.675. The average Bonchev–Trinajstić information content (AvgIpc) is 2.17. The Morgan fingerprint density at radius 3 is 2.62 bits per heavy atom. The molecule has 3 nitrogen and oxygen atoms in total. The molecule has 72 valence electrons. The quantitative estimate of drug-likeness (QED) is 0.831. The molecule has 0 bridgehead atoms. The highest BCUT2D eigenvalue weighted by molar-refractivity contribution is 9.10. The topological polar surface area (TPSA) is 38.7 Å². The summed E-state index contributed by atoms with van der Waals surface area (Å²) < 4.78 is 10.7. The van der Waals surface area contributed by atoms with E-state index in [2.05, 4.69) is 15.9 Å². The molecule has 0 aromatic heterocycles. The summed E-state index contributed by atoms with van der Waals surface area (Å²) in [7, 11) is 3.02. The number of ether oxygens (including phenoxy) is 2. The fraction of sp³-hybridized carbons (Fsp3) is 0.333. The van der Waals surface area contributed by atoms with Crippen molar-refractivity contribution < 1.29 is 14.6 Å². The predicted molar refractivity (Wildman–Crippen MR) is 52.7 cm³/mol. The van der Waals surface area contributed by atoms with Crippen LogP contribution >= 0.6 is 15.9 Å².